The largest absolute Gasteiger partial charge is 0.473 e. The van der Waals surface area contributed by atoms with Crippen molar-refractivity contribution in [2.75, 3.05) is 58.3 Å². The number of thiophene rings is 1. The van der Waals surface area contributed by atoms with Crippen molar-refractivity contribution < 1.29 is 63.5 Å². The van der Waals surface area contributed by atoms with Gasteiger partial charge >= 0.3 is 35.8 Å². The Hall–Kier alpha value is -4.09. The fourth-order valence-electron chi connectivity index (χ4n) is 2.96. The average molecular weight is 592 g/mol. The first-order valence-corrected chi connectivity index (χ1v) is 12.6. The van der Waals surface area contributed by atoms with E-state index < -0.39 is 35.8 Å². The normalized spacial score (nSPS) is 12.9. The monoisotopic (exact) mass is 591 g/mol. The average Bonchev–Trinajstić information content (AvgIpc) is 3.20. The van der Waals surface area contributed by atoms with E-state index in [1.54, 1.807) is 20.8 Å². The number of esters is 2. The van der Waals surface area contributed by atoms with Gasteiger partial charge in [0.1, 0.15) is 9.88 Å². The maximum Gasteiger partial charge on any atom is 0.414 e. The molecular weight excluding hydrogens is 558 g/mol. The number of piperazine rings is 1. The van der Waals surface area contributed by atoms with Crippen LogP contribution >= 0.6 is 11.3 Å². The van der Waals surface area contributed by atoms with Gasteiger partial charge in [-0.05, 0) is 33.4 Å². The highest BCUT2D eigenvalue weighted by molar-refractivity contribution is 7.18. The third kappa shape index (κ3) is 13.1. The summed E-state index contributed by atoms with van der Waals surface area (Å²) in [6, 6.07) is 0. The molecular formula is C23H33N3O13S. The summed E-state index contributed by atoms with van der Waals surface area (Å²) in [5.41, 5.74) is 0.694. The molecule has 1 aliphatic rings. The zero-order valence-corrected chi connectivity index (χ0v) is 23.2. The minimum atomic E-state index is -1.82. The molecule has 1 fully saturated rings. The predicted molar refractivity (Wildman–Crippen MR) is 139 cm³/mol. The number of carbonyl (C=O) groups is 7. The van der Waals surface area contributed by atoms with Crippen molar-refractivity contribution in [3.8, 4) is 0 Å². The van der Waals surface area contributed by atoms with E-state index in [1.165, 1.54) is 0 Å². The molecule has 0 aliphatic carbocycles. The lowest BCUT2D eigenvalue weighted by atomic mass is 10.1. The van der Waals surface area contributed by atoms with Gasteiger partial charge in [0.2, 0.25) is 5.91 Å². The third-order valence-electron chi connectivity index (χ3n) is 4.96. The first kappa shape index (κ1) is 35.9. The van der Waals surface area contributed by atoms with E-state index in [2.05, 4.69) is 22.2 Å². The van der Waals surface area contributed by atoms with Crippen LogP contribution in [0.15, 0.2) is 0 Å². The van der Waals surface area contributed by atoms with Crippen LogP contribution in [0.25, 0.3) is 0 Å². The number of likely N-dealkylation sites (N-methyl/N-ethyl adjacent to an activating group) is 1. The highest BCUT2D eigenvalue weighted by atomic mass is 32.1. The van der Waals surface area contributed by atoms with Gasteiger partial charge in [-0.3, -0.25) is 4.79 Å². The van der Waals surface area contributed by atoms with Gasteiger partial charge in [0.15, 0.2) is 0 Å². The molecule has 5 N–H and O–H groups in total. The van der Waals surface area contributed by atoms with Crippen LogP contribution in [0.5, 0.6) is 0 Å². The van der Waals surface area contributed by atoms with E-state index in [4.69, 9.17) is 49.1 Å². The van der Waals surface area contributed by atoms with Crippen molar-refractivity contribution in [2.24, 2.45) is 0 Å². The zero-order chi connectivity index (χ0) is 31.0. The number of ether oxygens (including phenoxy) is 2. The Balaban J connectivity index is 0.00000106. The Bertz CT molecular complexity index is 1030. The van der Waals surface area contributed by atoms with Gasteiger partial charge in [0, 0.05) is 39.1 Å². The Morgan fingerprint density at radius 2 is 1.25 bits per heavy atom. The second-order valence-corrected chi connectivity index (χ2v) is 8.89. The van der Waals surface area contributed by atoms with Crippen molar-refractivity contribution >= 4 is 58.1 Å². The van der Waals surface area contributed by atoms with Crippen LogP contribution in [0, 0.1) is 6.92 Å². The molecule has 16 nitrogen and oxygen atoms in total. The van der Waals surface area contributed by atoms with Crippen molar-refractivity contribution in [1.29, 1.82) is 0 Å². The first-order chi connectivity index (χ1) is 18.7. The van der Waals surface area contributed by atoms with Gasteiger partial charge in [-0.2, -0.15) is 0 Å². The van der Waals surface area contributed by atoms with E-state index in [0.717, 1.165) is 37.5 Å². The van der Waals surface area contributed by atoms with Crippen LogP contribution in [0.3, 0.4) is 0 Å². The standard InChI is InChI=1S/C19H29N3O5S.2C2H2O4/c1-5-26-18(24)15-13(3)16(19(25)27-6-2)28-17(15)20-14(23)7-8-22-11-9-21(4)10-12-22;2*3-1(4)2(5)6/h5-12H2,1-4H3,(H,20,23);2*(H,3,4)(H,5,6). The Labute approximate surface area is 233 Å². The predicted octanol–water partition coefficient (Wildman–Crippen LogP) is 0.297. The number of hydrogen-bond acceptors (Lipinski definition) is 12. The summed E-state index contributed by atoms with van der Waals surface area (Å²) in [5, 5.41) is 32.7. The number of carboxylic acid groups (broad SMARTS) is 4. The fraction of sp³-hybridized carbons (Fsp3) is 0.522. The topological polar surface area (TPSA) is 237 Å². The van der Waals surface area contributed by atoms with Crippen LogP contribution in [-0.2, 0) is 33.4 Å². The summed E-state index contributed by atoms with van der Waals surface area (Å²) in [4.78, 5) is 78.2. The minimum Gasteiger partial charge on any atom is -0.473 e. The number of carbonyl (C=O) groups excluding carboxylic acids is 3. The molecule has 0 spiro atoms. The van der Waals surface area contributed by atoms with Crippen molar-refractivity contribution in [3.63, 3.8) is 0 Å². The molecule has 2 heterocycles. The summed E-state index contributed by atoms with van der Waals surface area (Å²) >= 11 is 1.05. The number of anilines is 1. The summed E-state index contributed by atoms with van der Waals surface area (Å²) in [6.07, 6.45) is 0.317. The molecule has 0 atom stereocenters. The summed E-state index contributed by atoms with van der Waals surface area (Å²) in [6.45, 7) is 10.0. The van der Waals surface area contributed by atoms with Gasteiger partial charge in [-0.25, -0.2) is 28.8 Å². The first-order valence-electron chi connectivity index (χ1n) is 11.8. The van der Waals surface area contributed by atoms with Crippen LogP contribution in [0.4, 0.5) is 5.00 Å². The highest BCUT2D eigenvalue weighted by Gasteiger charge is 2.27. The van der Waals surface area contributed by atoms with Crippen molar-refractivity contribution in [3.05, 3.63) is 16.0 Å². The van der Waals surface area contributed by atoms with Crippen LogP contribution in [-0.4, -0.2) is 125 Å². The number of nitrogens with zero attached hydrogens (tertiary/aromatic N) is 2. The zero-order valence-electron chi connectivity index (χ0n) is 22.4. The number of nitrogens with one attached hydrogen (secondary N) is 1. The van der Waals surface area contributed by atoms with Crippen molar-refractivity contribution in [1.82, 2.24) is 9.80 Å². The molecule has 0 radical (unpaired) electrons. The highest BCUT2D eigenvalue weighted by Crippen LogP contribution is 2.34. The molecule has 0 bridgehead atoms. The fourth-order valence-corrected chi connectivity index (χ4v) is 4.07. The number of aliphatic carboxylic acids is 4. The lowest BCUT2D eigenvalue weighted by Crippen LogP contribution is -2.45. The Kier molecular flexibility index (Phi) is 16.4. The molecule has 224 valence electrons. The van der Waals surface area contributed by atoms with Crippen LogP contribution < -0.4 is 5.32 Å². The molecule has 1 aromatic rings. The Morgan fingerprint density at radius 3 is 1.68 bits per heavy atom. The number of rotatable bonds is 8. The molecule has 1 saturated heterocycles. The van der Waals surface area contributed by atoms with E-state index in [1.807, 2.05) is 0 Å². The van der Waals surface area contributed by atoms with E-state index in [0.29, 0.717) is 28.4 Å². The summed E-state index contributed by atoms with van der Waals surface area (Å²) < 4.78 is 10.2. The molecule has 40 heavy (non-hydrogen) atoms. The summed E-state index contributed by atoms with van der Waals surface area (Å²) in [7, 11) is 2.08. The maximum atomic E-state index is 12.5. The van der Waals surface area contributed by atoms with Crippen LogP contribution in [0.2, 0.25) is 0 Å². The molecule has 0 aromatic carbocycles. The molecule has 0 saturated carbocycles. The second kappa shape index (κ2) is 18.2. The molecule has 2 rings (SSSR count). The lowest BCUT2D eigenvalue weighted by Gasteiger charge is -2.32. The molecule has 17 heteroatoms. The lowest BCUT2D eigenvalue weighted by molar-refractivity contribution is -0.159. The molecule has 1 amide bonds. The smallest absolute Gasteiger partial charge is 0.414 e. The van der Waals surface area contributed by atoms with Gasteiger partial charge in [-0.1, -0.05) is 0 Å². The van der Waals surface area contributed by atoms with Crippen LogP contribution in [0.1, 0.15) is 45.9 Å². The summed E-state index contributed by atoms with van der Waals surface area (Å²) in [5.74, 6) is -8.55. The van der Waals surface area contributed by atoms with E-state index in [9.17, 15) is 14.4 Å². The molecule has 1 aliphatic heterocycles. The van der Waals surface area contributed by atoms with E-state index >= 15 is 0 Å². The SMILES string of the molecule is CCOC(=O)c1sc(NC(=O)CCN2CCN(C)CC2)c(C(=O)OCC)c1C.O=C(O)C(=O)O.O=C(O)C(=O)O. The third-order valence-corrected chi connectivity index (χ3v) is 6.14. The van der Waals surface area contributed by atoms with Gasteiger partial charge in [0.25, 0.3) is 0 Å². The van der Waals surface area contributed by atoms with Gasteiger partial charge < -0.3 is 45.0 Å². The number of hydrogen-bond donors (Lipinski definition) is 5. The molecule has 1 aromatic heterocycles. The second-order valence-electron chi connectivity index (χ2n) is 7.86. The van der Waals surface area contributed by atoms with Crippen molar-refractivity contribution in [2.45, 2.75) is 27.2 Å². The van der Waals surface area contributed by atoms with E-state index in [-0.39, 0.29) is 24.7 Å². The number of amides is 1. The number of carboxylic acids is 4. The Morgan fingerprint density at radius 1 is 0.800 bits per heavy atom. The maximum absolute atomic E-state index is 12.5. The van der Waals surface area contributed by atoms with Gasteiger partial charge in [0.05, 0.1) is 18.8 Å². The van der Waals surface area contributed by atoms with Gasteiger partial charge in [-0.15, -0.1) is 11.3 Å². The minimum absolute atomic E-state index is 0.193. The quantitative estimate of drug-likeness (QED) is 0.202. The molecule has 0 unspecified atom stereocenters.